The normalized spacial score (nSPS) is 12.5. The average Bonchev–Trinajstić information content (AvgIpc) is 2.26. The zero-order valence-corrected chi connectivity index (χ0v) is 9.42. The highest BCUT2D eigenvalue weighted by atomic mass is 16.6. The maximum Gasteiger partial charge on any atom is 0.269 e. The van der Waals surface area contributed by atoms with Gasteiger partial charge in [0.25, 0.3) is 5.69 Å². The smallest absolute Gasteiger partial charge is 0.269 e. The highest BCUT2D eigenvalue weighted by Gasteiger charge is 2.09. The van der Waals surface area contributed by atoms with Gasteiger partial charge in [-0.3, -0.25) is 10.1 Å². The van der Waals surface area contributed by atoms with E-state index in [1.54, 1.807) is 12.1 Å². The molecule has 0 bridgehead atoms. The van der Waals surface area contributed by atoms with Gasteiger partial charge in [-0.1, -0.05) is 13.8 Å². The van der Waals surface area contributed by atoms with Crippen LogP contribution in [0.4, 0.5) is 5.69 Å². The number of non-ortho nitro benzene ring substituents is 1. The van der Waals surface area contributed by atoms with Crippen molar-refractivity contribution >= 4 is 5.69 Å². The van der Waals surface area contributed by atoms with Gasteiger partial charge < -0.3 is 10.5 Å². The number of hydrogen-bond acceptors (Lipinski definition) is 4. The van der Waals surface area contributed by atoms with Crippen molar-refractivity contribution in [2.45, 2.75) is 19.9 Å². The van der Waals surface area contributed by atoms with Gasteiger partial charge in [0.05, 0.1) is 4.92 Å². The Morgan fingerprint density at radius 3 is 2.38 bits per heavy atom. The molecule has 5 heteroatoms. The van der Waals surface area contributed by atoms with Crippen LogP contribution in [-0.4, -0.2) is 17.6 Å². The van der Waals surface area contributed by atoms with Gasteiger partial charge in [-0.15, -0.1) is 0 Å². The minimum Gasteiger partial charge on any atom is -0.492 e. The van der Waals surface area contributed by atoms with Crippen LogP contribution in [-0.2, 0) is 0 Å². The Hall–Kier alpha value is -1.62. The maximum atomic E-state index is 10.4. The predicted molar refractivity (Wildman–Crippen MR) is 61.4 cm³/mol. The number of nitrogens with zero attached hydrogens (tertiary/aromatic N) is 1. The molecule has 5 nitrogen and oxygen atoms in total. The molecule has 88 valence electrons. The van der Waals surface area contributed by atoms with Gasteiger partial charge in [0.2, 0.25) is 0 Å². The summed E-state index contributed by atoms with van der Waals surface area (Å²) in [5.41, 5.74) is 5.87. The summed E-state index contributed by atoms with van der Waals surface area (Å²) >= 11 is 0. The highest BCUT2D eigenvalue weighted by molar-refractivity contribution is 5.35. The van der Waals surface area contributed by atoms with Crippen molar-refractivity contribution in [2.24, 2.45) is 11.7 Å². The lowest BCUT2D eigenvalue weighted by atomic mass is 10.1. The minimum absolute atomic E-state index is 0.0322. The van der Waals surface area contributed by atoms with E-state index in [2.05, 4.69) is 0 Å². The molecule has 0 saturated heterocycles. The Balaban J connectivity index is 2.53. The Labute approximate surface area is 94.4 Å². The molecule has 0 radical (unpaired) electrons. The third-order valence-electron chi connectivity index (χ3n) is 2.35. The molecule has 0 spiro atoms. The quantitative estimate of drug-likeness (QED) is 0.612. The van der Waals surface area contributed by atoms with E-state index in [1.807, 2.05) is 13.8 Å². The summed E-state index contributed by atoms with van der Waals surface area (Å²) in [7, 11) is 0. The van der Waals surface area contributed by atoms with Crippen molar-refractivity contribution in [3.05, 3.63) is 34.4 Å². The van der Waals surface area contributed by atoms with Crippen molar-refractivity contribution in [2.75, 3.05) is 6.61 Å². The average molecular weight is 224 g/mol. The van der Waals surface area contributed by atoms with Crippen LogP contribution in [0.1, 0.15) is 13.8 Å². The van der Waals surface area contributed by atoms with Crippen LogP contribution in [0.15, 0.2) is 24.3 Å². The van der Waals surface area contributed by atoms with Crippen LogP contribution in [0.3, 0.4) is 0 Å². The van der Waals surface area contributed by atoms with E-state index in [0.717, 1.165) is 0 Å². The van der Waals surface area contributed by atoms with Gasteiger partial charge in [0.15, 0.2) is 0 Å². The Morgan fingerprint density at radius 1 is 1.38 bits per heavy atom. The molecule has 2 N–H and O–H groups in total. The summed E-state index contributed by atoms with van der Waals surface area (Å²) in [5, 5.41) is 10.4. The Bertz CT molecular complexity index is 349. The van der Waals surface area contributed by atoms with E-state index in [1.165, 1.54) is 12.1 Å². The predicted octanol–water partition coefficient (Wildman–Crippen LogP) is 1.96. The first-order valence-electron chi connectivity index (χ1n) is 5.13. The molecule has 0 saturated carbocycles. The van der Waals surface area contributed by atoms with Gasteiger partial charge in [-0.2, -0.15) is 0 Å². The molecule has 16 heavy (non-hydrogen) atoms. The molecule has 1 aromatic rings. The summed E-state index contributed by atoms with van der Waals surface area (Å²) in [6, 6.07) is 5.94. The van der Waals surface area contributed by atoms with Gasteiger partial charge in [0.1, 0.15) is 12.4 Å². The molecular weight excluding hydrogens is 208 g/mol. The van der Waals surface area contributed by atoms with Gasteiger partial charge in [0, 0.05) is 18.2 Å². The lowest BCUT2D eigenvalue weighted by Gasteiger charge is -2.16. The molecule has 1 atom stereocenters. The summed E-state index contributed by atoms with van der Waals surface area (Å²) < 4.78 is 5.42. The SMILES string of the molecule is CC(C)C(N)COc1ccc([N+](=O)[O-])cc1. The summed E-state index contributed by atoms with van der Waals surface area (Å²) in [6.45, 7) is 4.45. The lowest BCUT2D eigenvalue weighted by Crippen LogP contribution is -2.32. The first kappa shape index (κ1) is 12.4. The first-order valence-corrected chi connectivity index (χ1v) is 5.13. The molecule has 0 aliphatic rings. The zero-order valence-electron chi connectivity index (χ0n) is 9.42. The standard InChI is InChI=1S/C11H16N2O3/c1-8(2)11(12)7-16-10-5-3-9(4-6-10)13(14)15/h3-6,8,11H,7,12H2,1-2H3. The van der Waals surface area contributed by atoms with E-state index in [-0.39, 0.29) is 11.7 Å². The minimum atomic E-state index is -0.441. The Morgan fingerprint density at radius 2 is 1.94 bits per heavy atom. The van der Waals surface area contributed by atoms with E-state index >= 15 is 0 Å². The fraction of sp³-hybridized carbons (Fsp3) is 0.455. The molecule has 1 rings (SSSR count). The summed E-state index contributed by atoms with van der Waals surface area (Å²) in [6.07, 6.45) is 0. The largest absolute Gasteiger partial charge is 0.492 e. The fourth-order valence-corrected chi connectivity index (χ4v) is 1.05. The van der Waals surface area contributed by atoms with E-state index in [0.29, 0.717) is 18.3 Å². The Kier molecular flexibility index (Phi) is 4.25. The number of ether oxygens (including phenoxy) is 1. The van der Waals surface area contributed by atoms with Crippen LogP contribution in [0.5, 0.6) is 5.75 Å². The molecule has 0 heterocycles. The second-order valence-electron chi connectivity index (χ2n) is 3.97. The number of nitrogens with two attached hydrogens (primary N) is 1. The zero-order chi connectivity index (χ0) is 12.1. The van der Waals surface area contributed by atoms with Crippen LogP contribution in [0.2, 0.25) is 0 Å². The van der Waals surface area contributed by atoms with Crippen LogP contribution < -0.4 is 10.5 Å². The van der Waals surface area contributed by atoms with E-state index in [9.17, 15) is 10.1 Å². The molecule has 1 aromatic carbocycles. The molecule has 0 fully saturated rings. The topological polar surface area (TPSA) is 78.4 Å². The molecule has 0 aliphatic carbocycles. The van der Waals surface area contributed by atoms with Crippen LogP contribution >= 0.6 is 0 Å². The van der Waals surface area contributed by atoms with Crippen molar-refractivity contribution in [3.8, 4) is 5.75 Å². The molecular formula is C11H16N2O3. The molecule has 1 unspecified atom stereocenters. The van der Waals surface area contributed by atoms with Crippen molar-refractivity contribution in [1.29, 1.82) is 0 Å². The van der Waals surface area contributed by atoms with E-state index in [4.69, 9.17) is 10.5 Å². The third kappa shape index (κ3) is 3.51. The maximum absolute atomic E-state index is 10.4. The van der Waals surface area contributed by atoms with Crippen molar-refractivity contribution < 1.29 is 9.66 Å². The van der Waals surface area contributed by atoms with E-state index < -0.39 is 4.92 Å². The van der Waals surface area contributed by atoms with Gasteiger partial charge in [-0.25, -0.2) is 0 Å². The van der Waals surface area contributed by atoms with Crippen molar-refractivity contribution in [1.82, 2.24) is 0 Å². The molecule has 0 aromatic heterocycles. The number of benzene rings is 1. The van der Waals surface area contributed by atoms with Gasteiger partial charge >= 0.3 is 0 Å². The number of rotatable bonds is 5. The first-order chi connectivity index (χ1) is 7.50. The number of nitro benzene ring substituents is 1. The summed E-state index contributed by atoms with van der Waals surface area (Å²) in [4.78, 5) is 9.97. The van der Waals surface area contributed by atoms with Gasteiger partial charge in [-0.05, 0) is 18.1 Å². The van der Waals surface area contributed by atoms with Crippen molar-refractivity contribution in [3.63, 3.8) is 0 Å². The number of hydrogen-bond donors (Lipinski definition) is 1. The lowest BCUT2D eigenvalue weighted by molar-refractivity contribution is -0.384. The second-order valence-corrected chi connectivity index (χ2v) is 3.97. The highest BCUT2D eigenvalue weighted by Crippen LogP contribution is 2.17. The molecule has 0 aliphatic heterocycles. The monoisotopic (exact) mass is 224 g/mol. The molecule has 0 amide bonds. The number of nitro groups is 1. The van der Waals surface area contributed by atoms with Crippen LogP contribution in [0, 0.1) is 16.0 Å². The summed E-state index contributed by atoms with van der Waals surface area (Å²) in [5.74, 6) is 0.944. The fourth-order valence-electron chi connectivity index (χ4n) is 1.05. The second kappa shape index (κ2) is 5.46. The van der Waals surface area contributed by atoms with Crippen LogP contribution in [0.25, 0.3) is 0 Å². The third-order valence-corrected chi connectivity index (χ3v) is 2.35.